The summed E-state index contributed by atoms with van der Waals surface area (Å²) >= 11 is 1.04. The number of nitro benzene ring substituents is 1. The van der Waals surface area contributed by atoms with Crippen LogP contribution in [0.1, 0.15) is 10.4 Å². The lowest BCUT2D eigenvalue weighted by Gasteiger charge is -2.09. The van der Waals surface area contributed by atoms with Gasteiger partial charge < -0.3 is 18.8 Å². The third kappa shape index (κ3) is 4.01. The molecule has 156 valence electrons. The Labute approximate surface area is 174 Å². The zero-order valence-electron chi connectivity index (χ0n) is 16.3. The van der Waals surface area contributed by atoms with Gasteiger partial charge in [0.2, 0.25) is 0 Å². The molecule has 1 amide bonds. The summed E-state index contributed by atoms with van der Waals surface area (Å²) in [5.74, 6) is -0.653. The zero-order chi connectivity index (χ0) is 21.8. The van der Waals surface area contributed by atoms with Crippen molar-refractivity contribution in [2.75, 3.05) is 21.3 Å². The smallest absolute Gasteiger partial charge is 0.325 e. The quantitative estimate of drug-likeness (QED) is 0.334. The predicted molar refractivity (Wildman–Crippen MR) is 108 cm³/mol. The van der Waals surface area contributed by atoms with Crippen LogP contribution < -0.4 is 14.3 Å². The van der Waals surface area contributed by atoms with Gasteiger partial charge in [0.15, 0.2) is 4.80 Å². The number of rotatable bonds is 6. The summed E-state index contributed by atoms with van der Waals surface area (Å²) in [5.41, 5.74) is 0.517. The maximum absolute atomic E-state index is 13.0. The van der Waals surface area contributed by atoms with E-state index in [4.69, 9.17) is 14.2 Å². The Hall–Kier alpha value is -3.73. The number of thiazole rings is 1. The highest BCUT2D eigenvalue weighted by molar-refractivity contribution is 7.16. The number of methoxy groups -OCH3 is 3. The van der Waals surface area contributed by atoms with Gasteiger partial charge in [-0.2, -0.15) is 4.99 Å². The first-order valence-electron chi connectivity index (χ1n) is 8.54. The van der Waals surface area contributed by atoms with Crippen molar-refractivity contribution in [3.8, 4) is 11.5 Å². The molecular formula is C19H17N3O7S. The summed E-state index contributed by atoms with van der Waals surface area (Å²) in [5, 5.41) is 11.1. The molecule has 0 aliphatic carbocycles. The van der Waals surface area contributed by atoms with Crippen LogP contribution in [0.25, 0.3) is 10.2 Å². The maximum atomic E-state index is 13.0. The fourth-order valence-electron chi connectivity index (χ4n) is 2.81. The first-order chi connectivity index (χ1) is 14.4. The Morgan fingerprint density at radius 3 is 2.37 bits per heavy atom. The molecule has 10 nitrogen and oxygen atoms in total. The van der Waals surface area contributed by atoms with Crippen LogP contribution >= 0.6 is 11.3 Å². The fourth-order valence-corrected chi connectivity index (χ4v) is 3.87. The highest BCUT2D eigenvalue weighted by Crippen LogP contribution is 2.29. The Morgan fingerprint density at radius 1 is 1.13 bits per heavy atom. The molecule has 30 heavy (non-hydrogen) atoms. The molecule has 0 N–H and O–H groups in total. The first kappa shape index (κ1) is 21.0. The van der Waals surface area contributed by atoms with Gasteiger partial charge in [0.05, 0.1) is 36.5 Å². The van der Waals surface area contributed by atoms with Gasteiger partial charge in [-0.05, 0) is 18.2 Å². The summed E-state index contributed by atoms with van der Waals surface area (Å²) in [6.45, 7) is -0.219. The standard InChI is InChI=1S/C19H17N3O7S/c1-27-13-5-4-6-14(28-2)17(13)18(24)20-19-21(10-16(23)29-3)12-8-7-11(22(25)26)9-15(12)30-19/h4-9H,10H2,1-3H3. The molecule has 11 heteroatoms. The number of non-ortho nitro benzene ring substituents is 1. The second kappa shape index (κ2) is 8.74. The number of nitrogens with zero attached hydrogens (tertiary/aromatic N) is 3. The number of carbonyl (C=O) groups excluding carboxylic acids is 2. The number of nitro groups is 1. The lowest BCUT2D eigenvalue weighted by Crippen LogP contribution is -2.22. The van der Waals surface area contributed by atoms with Gasteiger partial charge in [-0.1, -0.05) is 17.4 Å². The second-order valence-electron chi connectivity index (χ2n) is 5.91. The van der Waals surface area contributed by atoms with E-state index in [1.807, 2.05) is 0 Å². The van der Waals surface area contributed by atoms with Gasteiger partial charge in [0.1, 0.15) is 23.6 Å². The average Bonchev–Trinajstić information content (AvgIpc) is 3.08. The molecular weight excluding hydrogens is 414 g/mol. The Morgan fingerprint density at radius 2 is 1.80 bits per heavy atom. The monoisotopic (exact) mass is 431 g/mol. The van der Waals surface area contributed by atoms with Crippen LogP contribution in [-0.2, 0) is 16.1 Å². The van der Waals surface area contributed by atoms with Crippen LogP contribution in [0.4, 0.5) is 5.69 Å². The number of carbonyl (C=O) groups is 2. The van der Waals surface area contributed by atoms with Crippen molar-refractivity contribution >= 4 is 39.1 Å². The van der Waals surface area contributed by atoms with Crippen molar-refractivity contribution in [3.63, 3.8) is 0 Å². The van der Waals surface area contributed by atoms with Gasteiger partial charge in [-0.25, -0.2) is 0 Å². The molecule has 0 bridgehead atoms. The maximum Gasteiger partial charge on any atom is 0.325 e. The van der Waals surface area contributed by atoms with Crippen molar-refractivity contribution in [1.29, 1.82) is 0 Å². The zero-order valence-corrected chi connectivity index (χ0v) is 17.1. The van der Waals surface area contributed by atoms with E-state index in [2.05, 4.69) is 4.99 Å². The molecule has 0 saturated heterocycles. The Bertz CT molecular complexity index is 1190. The van der Waals surface area contributed by atoms with E-state index >= 15 is 0 Å². The molecule has 1 aromatic heterocycles. The second-order valence-corrected chi connectivity index (χ2v) is 6.92. The number of benzene rings is 2. The summed E-state index contributed by atoms with van der Waals surface area (Å²) in [6, 6.07) is 9.05. The Kier molecular flexibility index (Phi) is 6.11. The summed E-state index contributed by atoms with van der Waals surface area (Å²) in [4.78, 5) is 39.8. The van der Waals surface area contributed by atoms with E-state index in [1.54, 1.807) is 18.2 Å². The molecule has 0 saturated carbocycles. The molecule has 3 aromatic rings. The van der Waals surface area contributed by atoms with Crippen molar-refractivity contribution in [3.05, 3.63) is 56.9 Å². The molecule has 3 rings (SSSR count). The molecule has 1 heterocycles. The van der Waals surface area contributed by atoms with Crippen molar-refractivity contribution < 1.29 is 28.7 Å². The first-order valence-corrected chi connectivity index (χ1v) is 9.36. The molecule has 0 aliphatic heterocycles. The van der Waals surface area contributed by atoms with Crippen LogP contribution in [0, 0.1) is 10.1 Å². The third-order valence-corrected chi connectivity index (χ3v) is 5.27. The van der Waals surface area contributed by atoms with Crippen molar-refractivity contribution in [2.45, 2.75) is 6.54 Å². The molecule has 0 radical (unpaired) electrons. The van der Waals surface area contributed by atoms with E-state index < -0.39 is 16.8 Å². The Balaban J connectivity index is 2.22. The largest absolute Gasteiger partial charge is 0.496 e. The highest BCUT2D eigenvalue weighted by atomic mass is 32.1. The number of esters is 1. The van der Waals surface area contributed by atoms with Crippen LogP contribution in [0.5, 0.6) is 11.5 Å². The molecule has 2 aromatic carbocycles. The third-order valence-electron chi connectivity index (χ3n) is 4.23. The summed E-state index contributed by atoms with van der Waals surface area (Å²) in [6.07, 6.45) is 0. The minimum atomic E-state index is -0.649. The minimum absolute atomic E-state index is 0.113. The average molecular weight is 431 g/mol. The molecule has 0 unspecified atom stereocenters. The minimum Gasteiger partial charge on any atom is -0.496 e. The lowest BCUT2D eigenvalue weighted by molar-refractivity contribution is -0.384. The van der Waals surface area contributed by atoms with Gasteiger partial charge in [-0.15, -0.1) is 0 Å². The SMILES string of the molecule is COC(=O)Cn1c(=NC(=O)c2c(OC)cccc2OC)sc2cc([N+](=O)[O-])ccc21. The molecule has 0 spiro atoms. The number of aromatic nitrogens is 1. The van der Waals surface area contributed by atoms with Gasteiger partial charge in [0.25, 0.3) is 11.6 Å². The number of fused-ring (bicyclic) bond motifs is 1. The number of hydrogen-bond acceptors (Lipinski definition) is 8. The number of hydrogen-bond donors (Lipinski definition) is 0. The highest BCUT2D eigenvalue weighted by Gasteiger charge is 2.20. The molecule has 0 atom stereocenters. The van der Waals surface area contributed by atoms with E-state index in [0.717, 1.165) is 11.3 Å². The van der Waals surface area contributed by atoms with Crippen LogP contribution in [0.3, 0.4) is 0 Å². The van der Waals surface area contributed by atoms with Gasteiger partial charge in [-0.3, -0.25) is 19.7 Å². The van der Waals surface area contributed by atoms with Crippen LogP contribution in [0.15, 0.2) is 41.4 Å². The molecule has 0 aliphatic rings. The predicted octanol–water partition coefficient (Wildman–Crippen LogP) is 2.54. The number of ether oxygens (including phenoxy) is 3. The normalized spacial score (nSPS) is 11.4. The van der Waals surface area contributed by atoms with E-state index in [9.17, 15) is 19.7 Å². The van der Waals surface area contributed by atoms with Crippen molar-refractivity contribution in [2.24, 2.45) is 4.99 Å². The van der Waals surface area contributed by atoms with E-state index in [-0.39, 0.29) is 34.1 Å². The topological polar surface area (TPSA) is 122 Å². The fraction of sp³-hybridized carbons (Fsp3) is 0.211. The van der Waals surface area contributed by atoms with E-state index in [0.29, 0.717) is 10.2 Å². The summed E-state index contributed by atoms with van der Waals surface area (Å²) < 4.78 is 17.2. The van der Waals surface area contributed by atoms with Crippen LogP contribution in [0.2, 0.25) is 0 Å². The van der Waals surface area contributed by atoms with Crippen molar-refractivity contribution in [1.82, 2.24) is 4.57 Å². The van der Waals surface area contributed by atoms with E-state index in [1.165, 1.54) is 44.1 Å². The van der Waals surface area contributed by atoms with Gasteiger partial charge >= 0.3 is 5.97 Å². The number of amides is 1. The van der Waals surface area contributed by atoms with Gasteiger partial charge in [0, 0.05) is 12.1 Å². The summed E-state index contributed by atoms with van der Waals surface area (Å²) in [7, 11) is 4.08. The lowest BCUT2D eigenvalue weighted by atomic mass is 10.1. The van der Waals surface area contributed by atoms with Crippen LogP contribution in [-0.4, -0.2) is 42.7 Å². The molecule has 0 fully saturated rings.